The van der Waals surface area contributed by atoms with E-state index in [2.05, 4.69) is 21.1 Å². The van der Waals surface area contributed by atoms with Gasteiger partial charge in [0.1, 0.15) is 0 Å². The molecule has 0 spiro atoms. The Labute approximate surface area is 196 Å². The maximum absolute atomic E-state index is 11.9. The number of benzene rings is 2. The highest BCUT2D eigenvalue weighted by molar-refractivity contribution is 5.84. The molecular formula is C24H26N4O6. The SMILES string of the molecule is O=C(CCCCCCC(=O)NN=Cc1ccc2c(c1)OCO2)NN=Cc1ccc2c(c1)OCO2. The van der Waals surface area contributed by atoms with Crippen LogP contribution in [0.4, 0.5) is 0 Å². The van der Waals surface area contributed by atoms with E-state index in [4.69, 9.17) is 18.9 Å². The van der Waals surface area contributed by atoms with Crippen molar-refractivity contribution in [1.82, 2.24) is 10.9 Å². The Morgan fingerprint density at radius 3 is 1.59 bits per heavy atom. The predicted octanol–water partition coefficient (Wildman–Crippen LogP) is 3.09. The van der Waals surface area contributed by atoms with E-state index in [0.29, 0.717) is 35.8 Å². The van der Waals surface area contributed by atoms with E-state index in [1.165, 1.54) is 0 Å². The van der Waals surface area contributed by atoms with Crippen molar-refractivity contribution >= 4 is 24.2 Å². The van der Waals surface area contributed by atoms with Crippen LogP contribution in [0.1, 0.15) is 49.7 Å². The average molecular weight is 466 g/mol. The Morgan fingerprint density at radius 1 is 0.676 bits per heavy atom. The summed E-state index contributed by atoms with van der Waals surface area (Å²) in [6.07, 6.45) is 7.06. The minimum atomic E-state index is -0.146. The van der Waals surface area contributed by atoms with Crippen molar-refractivity contribution in [2.45, 2.75) is 38.5 Å². The topological polar surface area (TPSA) is 120 Å². The molecule has 0 aliphatic carbocycles. The first-order chi connectivity index (χ1) is 16.7. The highest BCUT2D eigenvalue weighted by Crippen LogP contribution is 2.32. The lowest BCUT2D eigenvalue weighted by molar-refractivity contribution is -0.122. The number of nitrogens with one attached hydrogen (secondary N) is 2. The number of ether oxygens (including phenoxy) is 4. The highest BCUT2D eigenvalue weighted by Gasteiger charge is 2.13. The first-order valence-corrected chi connectivity index (χ1v) is 11.1. The molecule has 0 radical (unpaired) electrons. The second-order valence-electron chi connectivity index (χ2n) is 7.73. The monoisotopic (exact) mass is 466 g/mol. The summed E-state index contributed by atoms with van der Waals surface area (Å²) in [5.74, 6) is 2.45. The third-order valence-electron chi connectivity index (χ3n) is 5.16. The molecule has 10 nitrogen and oxygen atoms in total. The molecule has 0 saturated carbocycles. The zero-order valence-corrected chi connectivity index (χ0v) is 18.6. The molecule has 0 bridgehead atoms. The molecular weight excluding hydrogens is 440 g/mol. The number of hydrazone groups is 2. The molecule has 0 unspecified atom stereocenters. The minimum absolute atomic E-state index is 0.146. The van der Waals surface area contributed by atoms with Crippen LogP contribution in [0, 0.1) is 0 Å². The largest absolute Gasteiger partial charge is 0.454 e. The summed E-state index contributed by atoms with van der Waals surface area (Å²) in [5.41, 5.74) is 6.66. The summed E-state index contributed by atoms with van der Waals surface area (Å²) >= 11 is 0. The van der Waals surface area contributed by atoms with Gasteiger partial charge in [0.25, 0.3) is 0 Å². The number of carbonyl (C=O) groups is 2. The molecule has 2 aromatic rings. The fourth-order valence-corrected chi connectivity index (χ4v) is 3.38. The van der Waals surface area contributed by atoms with Gasteiger partial charge in [0.2, 0.25) is 25.4 Å². The van der Waals surface area contributed by atoms with Crippen LogP contribution in [0.3, 0.4) is 0 Å². The van der Waals surface area contributed by atoms with Crippen LogP contribution in [-0.4, -0.2) is 37.8 Å². The Bertz CT molecular complexity index is 1000. The van der Waals surface area contributed by atoms with Gasteiger partial charge in [0.15, 0.2) is 23.0 Å². The molecule has 0 saturated heterocycles. The van der Waals surface area contributed by atoms with E-state index in [9.17, 15) is 9.59 Å². The molecule has 2 aliphatic rings. The molecule has 0 atom stereocenters. The zero-order valence-electron chi connectivity index (χ0n) is 18.6. The second kappa shape index (κ2) is 11.7. The first kappa shape index (κ1) is 23.1. The summed E-state index contributed by atoms with van der Waals surface area (Å²) in [6.45, 7) is 0.432. The van der Waals surface area contributed by atoms with Crippen molar-refractivity contribution in [2.24, 2.45) is 10.2 Å². The van der Waals surface area contributed by atoms with Gasteiger partial charge in [-0.25, -0.2) is 10.9 Å². The molecule has 2 heterocycles. The molecule has 2 aliphatic heterocycles. The molecule has 0 fully saturated rings. The van der Waals surface area contributed by atoms with Gasteiger partial charge in [-0.3, -0.25) is 9.59 Å². The molecule has 0 aromatic heterocycles. The van der Waals surface area contributed by atoms with Gasteiger partial charge < -0.3 is 18.9 Å². The lowest BCUT2D eigenvalue weighted by atomic mass is 10.1. The van der Waals surface area contributed by atoms with E-state index in [1.807, 2.05) is 12.1 Å². The van der Waals surface area contributed by atoms with E-state index in [0.717, 1.165) is 36.8 Å². The van der Waals surface area contributed by atoms with E-state index in [1.54, 1.807) is 36.7 Å². The van der Waals surface area contributed by atoms with Crippen LogP contribution in [0.2, 0.25) is 0 Å². The predicted molar refractivity (Wildman–Crippen MR) is 124 cm³/mol. The Morgan fingerprint density at radius 2 is 1.12 bits per heavy atom. The summed E-state index contributed by atoms with van der Waals surface area (Å²) < 4.78 is 21.1. The van der Waals surface area contributed by atoms with Crippen molar-refractivity contribution in [1.29, 1.82) is 0 Å². The molecule has 2 amide bonds. The lowest BCUT2D eigenvalue weighted by Crippen LogP contribution is -2.17. The third-order valence-corrected chi connectivity index (χ3v) is 5.16. The van der Waals surface area contributed by atoms with Gasteiger partial charge in [-0.05, 0) is 60.4 Å². The number of hydrogen-bond donors (Lipinski definition) is 2. The van der Waals surface area contributed by atoms with E-state index >= 15 is 0 Å². The molecule has 178 valence electrons. The Balaban J connectivity index is 1.03. The van der Waals surface area contributed by atoms with Gasteiger partial charge in [0.05, 0.1) is 12.4 Å². The number of nitrogens with zero attached hydrogens (tertiary/aromatic N) is 2. The molecule has 2 N–H and O–H groups in total. The Hall–Kier alpha value is -4.08. The van der Waals surface area contributed by atoms with Crippen LogP contribution in [0.5, 0.6) is 23.0 Å². The van der Waals surface area contributed by atoms with Gasteiger partial charge in [0, 0.05) is 12.8 Å². The fourth-order valence-electron chi connectivity index (χ4n) is 3.38. The van der Waals surface area contributed by atoms with E-state index < -0.39 is 0 Å². The van der Waals surface area contributed by atoms with Gasteiger partial charge in [-0.2, -0.15) is 10.2 Å². The van der Waals surface area contributed by atoms with Gasteiger partial charge >= 0.3 is 0 Å². The maximum atomic E-state index is 11.9. The molecule has 2 aromatic carbocycles. The number of unbranched alkanes of at least 4 members (excludes halogenated alkanes) is 3. The molecule has 34 heavy (non-hydrogen) atoms. The lowest BCUT2D eigenvalue weighted by Gasteiger charge is -2.02. The van der Waals surface area contributed by atoms with Crippen molar-refractivity contribution in [3.05, 3.63) is 47.5 Å². The molecule has 4 rings (SSSR count). The Kier molecular flexibility index (Phi) is 7.94. The maximum Gasteiger partial charge on any atom is 0.240 e. The average Bonchev–Trinajstić information content (AvgIpc) is 3.50. The minimum Gasteiger partial charge on any atom is -0.454 e. The summed E-state index contributed by atoms with van der Waals surface area (Å²) in [5, 5.41) is 7.94. The number of rotatable bonds is 11. The summed E-state index contributed by atoms with van der Waals surface area (Å²) in [6, 6.07) is 10.9. The quantitative estimate of drug-likeness (QED) is 0.298. The van der Waals surface area contributed by atoms with Crippen LogP contribution in [0.15, 0.2) is 46.6 Å². The van der Waals surface area contributed by atoms with Crippen LogP contribution in [-0.2, 0) is 9.59 Å². The zero-order chi connectivity index (χ0) is 23.6. The molecule has 10 heteroatoms. The van der Waals surface area contributed by atoms with E-state index in [-0.39, 0.29) is 25.4 Å². The summed E-state index contributed by atoms with van der Waals surface area (Å²) in [4.78, 5) is 23.8. The first-order valence-electron chi connectivity index (χ1n) is 11.1. The summed E-state index contributed by atoms with van der Waals surface area (Å²) in [7, 11) is 0. The van der Waals surface area contributed by atoms with Crippen LogP contribution < -0.4 is 29.8 Å². The van der Waals surface area contributed by atoms with Crippen LogP contribution >= 0.6 is 0 Å². The highest BCUT2D eigenvalue weighted by atomic mass is 16.7. The number of fused-ring (bicyclic) bond motifs is 2. The number of amides is 2. The normalized spacial score (nSPS) is 13.5. The van der Waals surface area contributed by atoms with Crippen LogP contribution in [0.25, 0.3) is 0 Å². The third kappa shape index (κ3) is 6.71. The van der Waals surface area contributed by atoms with Crippen molar-refractivity contribution in [3.8, 4) is 23.0 Å². The number of hydrogen-bond acceptors (Lipinski definition) is 8. The van der Waals surface area contributed by atoms with Crippen molar-refractivity contribution in [2.75, 3.05) is 13.6 Å². The number of carbonyl (C=O) groups excluding carboxylic acids is 2. The smallest absolute Gasteiger partial charge is 0.240 e. The van der Waals surface area contributed by atoms with Crippen molar-refractivity contribution in [3.63, 3.8) is 0 Å². The van der Waals surface area contributed by atoms with Gasteiger partial charge in [-0.1, -0.05) is 12.8 Å². The standard InChI is InChI=1S/C24H26N4O6/c29-23(27-25-13-17-7-9-19-21(11-17)33-15-31-19)5-3-1-2-4-6-24(30)28-26-14-18-8-10-20-22(12-18)34-16-32-20/h7-14H,1-6,15-16H2,(H,27,29)(H,28,30). The fraction of sp³-hybridized carbons (Fsp3) is 0.333. The second-order valence-corrected chi connectivity index (χ2v) is 7.73. The van der Waals surface area contributed by atoms with Gasteiger partial charge in [-0.15, -0.1) is 0 Å². The van der Waals surface area contributed by atoms with Crippen molar-refractivity contribution < 1.29 is 28.5 Å².